The first kappa shape index (κ1) is 23.5. The fourth-order valence-electron chi connectivity index (χ4n) is 2.76. The van der Waals surface area contributed by atoms with Crippen LogP contribution in [-0.4, -0.2) is 31.3 Å². The van der Waals surface area contributed by atoms with Gasteiger partial charge in [0.05, 0.1) is 18.4 Å². The number of amides is 1. The summed E-state index contributed by atoms with van der Waals surface area (Å²) < 4.78 is 16.3. The normalized spacial score (nSPS) is 10.6. The van der Waals surface area contributed by atoms with Gasteiger partial charge in [-0.3, -0.25) is 4.79 Å². The zero-order valence-electron chi connectivity index (χ0n) is 18.6. The molecular weight excluding hydrogens is 420 g/mol. The number of nitrogens with zero attached hydrogens (tertiary/aromatic N) is 1. The molecule has 170 valence electrons. The molecule has 0 bridgehead atoms. The Labute approximate surface area is 193 Å². The summed E-state index contributed by atoms with van der Waals surface area (Å²) in [5.41, 5.74) is 4.62. The largest absolute Gasteiger partial charge is 0.494 e. The molecule has 3 rings (SSSR count). The summed E-state index contributed by atoms with van der Waals surface area (Å²) in [6, 6.07) is 21.0. The molecule has 33 heavy (non-hydrogen) atoms. The molecule has 0 aliphatic rings. The summed E-state index contributed by atoms with van der Waals surface area (Å²) in [4.78, 5) is 24.2. The molecule has 1 amide bonds. The van der Waals surface area contributed by atoms with Crippen molar-refractivity contribution in [3.05, 3.63) is 89.5 Å². The van der Waals surface area contributed by atoms with Crippen molar-refractivity contribution in [2.45, 2.75) is 20.3 Å². The lowest BCUT2D eigenvalue weighted by atomic mass is 10.2. The average Bonchev–Trinajstić information content (AvgIpc) is 2.83. The van der Waals surface area contributed by atoms with Crippen molar-refractivity contribution in [3.8, 4) is 17.2 Å². The van der Waals surface area contributed by atoms with E-state index in [9.17, 15) is 9.59 Å². The topological polar surface area (TPSA) is 86.2 Å². The Hall–Kier alpha value is -4.13. The Bertz CT molecular complexity index is 1090. The van der Waals surface area contributed by atoms with Crippen LogP contribution in [0.4, 0.5) is 0 Å². The van der Waals surface area contributed by atoms with Crippen LogP contribution in [0.3, 0.4) is 0 Å². The van der Waals surface area contributed by atoms with Gasteiger partial charge >= 0.3 is 5.97 Å². The molecule has 0 heterocycles. The minimum absolute atomic E-state index is 0.138. The second kappa shape index (κ2) is 12.0. The highest BCUT2D eigenvalue weighted by atomic mass is 16.5. The van der Waals surface area contributed by atoms with E-state index in [2.05, 4.69) is 10.5 Å². The maximum atomic E-state index is 12.3. The summed E-state index contributed by atoms with van der Waals surface area (Å²) >= 11 is 0. The molecule has 3 aromatic rings. The first-order chi connectivity index (χ1) is 16.0. The number of carbonyl (C=O) groups is 2. The summed E-state index contributed by atoms with van der Waals surface area (Å²) in [6.07, 6.45) is 2.41. The number of hydrogen-bond donors (Lipinski definition) is 1. The van der Waals surface area contributed by atoms with Crippen LogP contribution in [0.1, 0.15) is 34.8 Å². The van der Waals surface area contributed by atoms with Gasteiger partial charge in [-0.1, -0.05) is 19.1 Å². The van der Waals surface area contributed by atoms with E-state index in [0.29, 0.717) is 29.4 Å². The van der Waals surface area contributed by atoms with Crippen molar-refractivity contribution in [1.29, 1.82) is 0 Å². The molecule has 7 nitrogen and oxygen atoms in total. The molecule has 0 radical (unpaired) electrons. The molecule has 0 saturated carbocycles. The van der Waals surface area contributed by atoms with Gasteiger partial charge in [0.2, 0.25) is 0 Å². The van der Waals surface area contributed by atoms with E-state index in [4.69, 9.17) is 14.2 Å². The van der Waals surface area contributed by atoms with E-state index in [1.807, 2.05) is 32.0 Å². The monoisotopic (exact) mass is 446 g/mol. The van der Waals surface area contributed by atoms with Crippen LogP contribution in [0.2, 0.25) is 0 Å². The average molecular weight is 447 g/mol. The number of ether oxygens (including phenoxy) is 3. The molecule has 1 N–H and O–H groups in total. The summed E-state index contributed by atoms with van der Waals surface area (Å²) in [5, 5.41) is 3.91. The highest BCUT2D eigenvalue weighted by Gasteiger charge is 2.09. The fourth-order valence-corrected chi connectivity index (χ4v) is 2.76. The SMILES string of the molecule is CCCOc1ccc(C(=O)Oc2ccc(/C=N\NC(=O)COc3cccc(C)c3)cc2)cc1. The van der Waals surface area contributed by atoms with Crippen LogP contribution < -0.4 is 19.6 Å². The maximum absolute atomic E-state index is 12.3. The van der Waals surface area contributed by atoms with E-state index in [1.54, 1.807) is 54.6 Å². The van der Waals surface area contributed by atoms with Gasteiger partial charge in [-0.25, -0.2) is 10.2 Å². The second-order valence-corrected chi connectivity index (χ2v) is 7.23. The zero-order valence-corrected chi connectivity index (χ0v) is 18.6. The highest BCUT2D eigenvalue weighted by molar-refractivity contribution is 5.91. The molecule has 0 spiro atoms. The van der Waals surface area contributed by atoms with Crippen LogP contribution >= 0.6 is 0 Å². The van der Waals surface area contributed by atoms with Crippen LogP contribution in [0.15, 0.2) is 77.9 Å². The quantitative estimate of drug-likeness (QED) is 0.214. The van der Waals surface area contributed by atoms with Crippen molar-refractivity contribution < 1.29 is 23.8 Å². The third-order valence-corrected chi connectivity index (χ3v) is 4.42. The van der Waals surface area contributed by atoms with Gasteiger partial charge in [-0.05, 0) is 85.1 Å². The molecule has 0 atom stereocenters. The van der Waals surface area contributed by atoms with Crippen LogP contribution in [0, 0.1) is 6.92 Å². The molecule has 0 saturated heterocycles. The number of esters is 1. The number of carbonyl (C=O) groups excluding carboxylic acids is 2. The lowest BCUT2D eigenvalue weighted by Gasteiger charge is -2.07. The first-order valence-electron chi connectivity index (χ1n) is 10.6. The standard InChI is InChI=1S/C26H26N2O5/c1-3-15-31-22-13-9-21(10-14-22)26(30)33-23-11-7-20(8-12-23)17-27-28-25(29)18-32-24-6-4-5-19(2)16-24/h4-14,16-17H,3,15,18H2,1-2H3,(H,28,29)/b27-17-. The van der Waals surface area contributed by atoms with E-state index in [-0.39, 0.29) is 12.5 Å². The smallest absolute Gasteiger partial charge is 0.343 e. The Morgan fingerprint density at radius 1 is 0.909 bits per heavy atom. The van der Waals surface area contributed by atoms with Gasteiger partial charge in [0, 0.05) is 0 Å². The maximum Gasteiger partial charge on any atom is 0.343 e. The van der Waals surface area contributed by atoms with Crippen molar-refractivity contribution in [2.75, 3.05) is 13.2 Å². The van der Waals surface area contributed by atoms with E-state index in [1.165, 1.54) is 6.21 Å². The van der Waals surface area contributed by atoms with E-state index in [0.717, 1.165) is 17.5 Å². The first-order valence-corrected chi connectivity index (χ1v) is 10.6. The number of hydrazone groups is 1. The van der Waals surface area contributed by atoms with Gasteiger partial charge in [-0.15, -0.1) is 0 Å². The summed E-state index contributed by atoms with van der Waals surface area (Å²) in [6.45, 7) is 4.47. The predicted octanol–water partition coefficient (Wildman–Crippen LogP) is 4.53. The molecule has 0 unspecified atom stereocenters. The van der Waals surface area contributed by atoms with Crippen LogP contribution in [0.5, 0.6) is 17.2 Å². The van der Waals surface area contributed by atoms with E-state index < -0.39 is 5.97 Å². The Kier molecular flexibility index (Phi) is 8.59. The van der Waals surface area contributed by atoms with Crippen molar-refractivity contribution in [1.82, 2.24) is 5.43 Å². The van der Waals surface area contributed by atoms with Gasteiger partial charge in [0.1, 0.15) is 17.2 Å². The third kappa shape index (κ3) is 7.81. The minimum Gasteiger partial charge on any atom is -0.494 e. The molecular formula is C26H26N2O5. The lowest BCUT2D eigenvalue weighted by Crippen LogP contribution is -2.24. The second-order valence-electron chi connectivity index (χ2n) is 7.23. The number of rotatable bonds is 10. The number of hydrogen-bond acceptors (Lipinski definition) is 6. The summed E-state index contributed by atoms with van der Waals surface area (Å²) in [5.74, 6) is 0.911. The van der Waals surface area contributed by atoms with Crippen LogP contribution in [0.25, 0.3) is 0 Å². The number of benzene rings is 3. The highest BCUT2D eigenvalue weighted by Crippen LogP contribution is 2.17. The number of aryl methyl sites for hydroxylation is 1. The molecule has 0 aromatic heterocycles. The summed E-state index contributed by atoms with van der Waals surface area (Å²) in [7, 11) is 0. The van der Waals surface area contributed by atoms with Gasteiger partial charge in [-0.2, -0.15) is 5.10 Å². The Morgan fingerprint density at radius 2 is 1.64 bits per heavy atom. The third-order valence-electron chi connectivity index (χ3n) is 4.42. The number of nitrogens with one attached hydrogen (secondary N) is 1. The fraction of sp³-hybridized carbons (Fsp3) is 0.192. The molecule has 0 fully saturated rings. The Balaban J connectivity index is 1.45. The van der Waals surface area contributed by atoms with Gasteiger partial charge in [0.15, 0.2) is 6.61 Å². The van der Waals surface area contributed by atoms with E-state index >= 15 is 0 Å². The minimum atomic E-state index is -0.459. The zero-order chi connectivity index (χ0) is 23.5. The predicted molar refractivity (Wildman–Crippen MR) is 126 cm³/mol. The Morgan fingerprint density at radius 3 is 2.33 bits per heavy atom. The van der Waals surface area contributed by atoms with Crippen LogP contribution in [-0.2, 0) is 4.79 Å². The van der Waals surface area contributed by atoms with Gasteiger partial charge in [0.25, 0.3) is 5.91 Å². The van der Waals surface area contributed by atoms with Crippen molar-refractivity contribution in [2.24, 2.45) is 5.10 Å². The van der Waals surface area contributed by atoms with Gasteiger partial charge < -0.3 is 14.2 Å². The molecule has 7 heteroatoms. The molecule has 0 aliphatic carbocycles. The molecule has 3 aromatic carbocycles. The lowest BCUT2D eigenvalue weighted by molar-refractivity contribution is -0.123. The molecule has 0 aliphatic heterocycles. The van der Waals surface area contributed by atoms with Crippen molar-refractivity contribution in [3.63, 3.8) is 0 Å². The van der Waals surface area contributed by atoms with Crippen molar-refractivity contribution >= 4 is 18.1 Å².